The first kappa shape index (κ1) is 10.6. The van der Waals surface area contributed by atoms with Crippen molar-refractivity contribution in [2.75, 3.05) is 26.7 Å². The highest BCUT2D eigenvalue weighted by atomic mass is 16.5. The van der Waals surface area contributed by atoms with Crippen LogP contribution in [0.3, 0.4) is 0 Å². The molecule has 0 amide bonds. The highest BCUT2D eigenvalue weighted by Crippen LogP contribution is 2.18. The summed E-state index contributed by atoms with van der Waals surface area (Å²) >= 11 is 0. The molecule has 5 nitrogen and oxygen atoms in total. The second kappa shape index (κ2) is 4.30. The maximum absolute atomic E-state index is 6.14. The molecular formula is C10H18N4O. The van der Waals surface area contributed by atoms with Gasteiger partial charge in [0.05, 0.1) is 24.9 Å². The Hall–Kier alpha value is -0.910. The summed E-state index contributed by atoms with van der Waals surface area (Å²) in [4.78, 5) is 2.24. The van der Waals surface area contributed by atoms with E-state index in [1.165, 1.54) is 0 Å². The summed E-state index contributed by atoms with van der Waals surface area (Å²) in [6, 6.07) is -0.0820. The number of aryl methyl sites for hydroxylation is 1. The topological polar surface area (TPSA) is 56.3 Å². The molecule has 2 unspecified atom stereocenters. The first-order valence-electron chi connectivity index (χ1n) is 5.21. The summed E-state index contributed by atoms with van der Waals surface area (Å²) in [6.07, 6.45) is 3.83. The van der Waals surface area contributed by atoms with E-state index in [9.17, 15) is 0 Å². The van der Waals surface area contributed by atoms with E-state index in [0.29, 0.717) is 0 Å². The largest absolute Gasteiger partial charge is 0.374 e. The molecule has 15 heavy (non-hydrogen) atoms. The van der Waals surface area contributed by atoms with Crippen molar-refractivity contribution in [2.24, 2.45) is 12.8 Å². The molecule has 0 aliphatic carbocycles. The molecule has 1 aromatic heterocycles. The summed E-state index contributed by atoms with van der Waals surface area (Å²) in [7, 11) is 3.98. The monoisotopic (exact) mass is 210 g/mol. The zero-order chi connectivity index (χ0) is 10.8. The van der Waals surface area contributed by atoms with E-state index in [4.69, 9.17) is 10.5 Å². The number of likely N-dealkylation sites (N-methyl/N-ethyl adjacent to an activating group) is 1. The van der Waals surface area contributed by atoms with E-state index in [2.05, 4.69) is 17.0 Å². The summed E-state index contributed by atoms with van der Waals surface area (Å²) in [5.41, 5.74) is 7.18. The lowest BCUT2D eigenvalue weighted by molar-refractivity contribution is -0.0326. The molecular weight excluding hydrogens is 192 g/mol. The van der Waals surface area contributed by atoms with Crippen LogP contribution in [0.4, 0.5) is 0 Å². The van der Waals surface area contributed by atoms with Gasteiger partial charge in [-0.3, -0.25) is 4.68 Å². The van der Waals surface area contributed by atoms with Gasteiger partial charge in [0, 0.05) is 31.9 Å². The van der Waals surface area contributed by atoms with Crippen molar-refractivity contribution in [1.29, 1.82) is 0 Å². The molecule has 0 aromatic carbocycles. The quantitative estimate of drug-likeness (QED) is 0.731. The molecule has 0 spiro atoms. The number of morpholine rings is 1. The Labute approximate surface area is 89.8 Å². The molecule has 2 N–H and O–H groups in total. The summed E-state index contributed by atoms with van der Waals surface area (Å²) < 4.78 is 7.44. The fourth-order valence-corrected chi connectivity index (χ4v) is 1.86. The number of nitrogens with two attached hydrogens (primary N) is 1. The predicted molar refractivity (Wildman–Crippen MR) is 57.4 cm³/mol. The van der Waals surface area contributed by atoms with Crippen LogP contribution >= 0.6 is 0 Å². The molecule has 1 fully saturated rings. The van der Waals surface area contributed by atoms with E-state index in [0.717, 1.165) is 25.3 Å². The van der Waals surface area contributed by atoms with Crippen molar-refractivity contribution in [3.05, 3.63) is 18.0 Å². The zero-order valence-electron chi connectivity index (χ0n) is 9.26. The van der Waals surface area contributed by atoms with Crippen LogP contribution in [0.5, 0.6) is 0 Å². The standard InChI is InChI=1S/C10H18N4O/c1-13-3-4-15-9(7-13)10(11)8-5-12-14(2)6-8/h5-6,9-10H,3-4,7,11H2,1-2H3. The summed E-state index contributed by atoms with van der Waals surface area (Å²) in [6.45, 7) is 2.63. The maximum Gasteiger partial charge on any atom is 0.0895 e. The molecule has 0 radical (unpaired) electrons. The van der Waals surface area contributed by atoms with Crippen LogP contribution in [0.2, 0.25) is 0 Å². The van der Waals surface area contributed by atoms with Gasteiger partial charge in [-0.15, -0.1) is 0 Å². The SMILES string of the molecule is CN1CCOC(C(N)c2cnn(C)c2)C1. The maximum atomic E-state index is 6.14. The fraction of sp³-hybridized carbons (Fsp3) is 0.700. The van der Waals surface area contributed by atoms with E-state index in [-0.39, 0.29) is 12.1 Å². The number of rotatable bonds is 2. The average molecular weight is 210 g/mol. The van der Waals surface area contributed by atoms with Gasteiger partial charge in [-0.05, 0) is 7.05 Å². The number of aromatic nitrogens is 2. The minimum absolute atomic E-state index is 0.0768. The van der Waals surface area contributed by atoms with Crippen LogP contribution in [0.15, 0.2) is 12.4 Å². The van der Waals surface area contributed by atoms with Crippen molar-refractivity contribution >= 4 is 0 Å². The van der Waals surface area contributed by atoms with Gasteiger partial charge in [-0.1, -0.05) is 0 Å². The van der Waals surface area contributed by atoms with Crippen LogP contribution in [0, 0.1) is 0 Å². The van der Waals surface area contributed by atoms with Crippen molar-refractivity contribution in [3.8, 4) is 0 Å². The van der Waals surface area contributed by atoms with Crippen molar-refractivity contribution in [3.63, 3.8) is 0 Å². The zero-order valence-corrected chi connectivity index (χ0v) is 9.26. The van der Waals surface area contributed by atoms with Gasteiger partial charge in [-0.25, -0.2) is 0 Å². The summed E-state index contributed by atoms with van der Waals surface area (Å²) in [5, 5.41) is 4.12. The lowest BCUT2D eigenvalue weighted by Crippen LogP contribution is -2.45. The van der Waals surface area contributed by atoms with Crippen LogP contribution in [0.1, 0.15) is 11.6 Å². The van der Waals surface area contributed by atoms with E-state index in [1.807, 2.05) is 19.4 Å². The third-order valence-electron chi connectivity index (χ3n) is 2.81. The fourth-order valence-electron chi connectivity index (χ4n) is 1.86. The Morgan fingerprint density at radius 2 is 2.40 bits per heavy atom. The van der Waals surface area contributed by atoms with Gasteiger partial charge in [0.15, 0.2) is 0 Å². The number of hydrogen-bond donors (Lipinski definition) is 1. The first-order valence-corrected chi connectivity index (χ1v) is 5.21. The Morgan fingerprint density at radius 1 is 1.60 bits per heavy atom. The molecule has 0 bridgehead atoms. The third-order valence-corrected chi connectivity index (χ3v) is 2.81. The van der Waals surface area contributed by atoms with Crippen molar-refractivity contribution in [2.45, 2.75) is 12.1 Å². The normalized spacial score (nSPS) is 25.4. The second-order valence-corrected chi connectivity index (χ2v) is 4.14. The molecule has 84 valence electrons. The summed E-state index contributed by atoms with van der Waals surface area (Å²) in [5.74, 6) is 0. The Kier molecular flexibility index (Phi) is 3.04. The second-order valence-electron chi connectivity index (χ2n) is 4.14. The molecule has 2 rings (SSSR count). The molecule has 1 aliphatic rings. The number of ether oxygens (including phenoxy) is 1. The van der Waals surface area contributed by atoms with Gasteiger partial charge in [0.1, 0.15) is 0 Å². The Morgan fingerprint density at radius 3 is 3.00 bits per heavy atom. The molecule has 1 aliphatic heterocycles. The highest BCUT2D eigenvalue weighted by molar-refractivity contribution is 5.12. The van der Waals surface area contributed by atoms with Gasteiger partial charge >= 0.3 is 0 Å². The molecule has 1 aromatic rings. The van der Waals surface area contributed by atoms with Crippen LogP contribution in [0.25, 0.3) is 0 Å². The third kappa shape index (κ3) is 2.37. The van der Waals surface area contributed by atoms with Gasteiger partial charge in [0.2, 0.25) is 0 Å². The van der Waals surface area contributed by atoms with Crippen LogP contribution < -0.4 is 5.73 Å². The highest BCUT2D eigenvalue weighted by Gasteiger charge is 2.25. The predicted octanol–water partition coefficient (Wildman–Crippen LogP) is -0.249. The van der Waals surface area contributed by atoms with Gasteiger partial charge in [0.25, 0.3) is 0 Å². The molecule has 1 saturated heterocycles. The van der Waals surface area contributed by atoms with Crippen LogP contribution in [-0.4, -0.2) is 47.5 Å². The number of nitrogens with zero attached hydrogens (tertiary/aromatic N) is 3. The molecule has 5 heteroatoms. The minimum Gasteiger partial charge on any atom is -0.374 e. The molecule has 2 atom stereocenters. The first-order chi connectivity index (χ1) is 7.16. The smallest absolute Gasteiger partial charge is 0.0895 e. The Balaban J connectivity index is 2.03. The van der Waals surface area contributed by atoms with E-state index < -0.39 is 0 Å². The lowest BCUT2D eigenvalue weighted by atomic mass is 10.0. The number of hydrogen-bond acceptors (Lipinski definition) is 4. The minimum atomic E-state index is -0.0820. The lowest BCUT2D eigenvalue weighted by Gasteiger charge is -2.33. The van der Waals surface area contributed by atoms with Crippen LogP contribution in [-0.2, 0) is 11.8 Å². The van der Waals surface area contributed by atoms with Gasteiger partial charge < -0.3 is 15.4 Å². The Bertz CT molecular complexity index is 325. The van der Waals surface area contributed by atoms with E-state index >= 15 is 0 Å². The van der Waals surface area contributed by atoms with Crippen molar-refractivity contribution < 1.29 is 4.74 Å². The molecule has 0 saturated carbocycles. The van der Waals surface area contributed by atoms with E-state index in [1.54, 1.807) is 4.68 Å². The molecule has 2 heterocycles. The average Bonchev–Trinajstić information content (AvgIpc) is 2.64. The van der Waals surface area contributed by atoms with Crippen molar-refractivity contribution in [1.82, 2.24) is 14.7 Å². The van der Waals surface area contributed by atoms with Gasteiger partial charge in [-0.2, -0.15) is 5.10 Å².